The summed E-state index contributed by atoms with van der Waals surface area (Å²) < 4.78 is 13.2. The quantitative estimate of drug-likeness (QED) is 0.772. The number of carbonyl (C=O) groups excluding carboxylic acids is 1. The van der Waals surface area contributed by atoms with Gasteiger partial charge in [0.15, 0.2) is 0 Å². The van der Waals surface area contributed by atoms with Crippen molar-refractivity contribution in [1.82, 2.24) is 4.98 Å². The van der Waals surface area contributed by atoms with Gasteiger partial charge in [0.2, 0.25) is 0 Å². The van der Waals surface area contributed by atoms with E-state index in [1.165, 1.54) is 12.1 Å². The molecule has 0 bridgehead atoms. The molecule has 1 N–H and O–H groups in total. The van der Waals surface area contributed by atoms with Crippen LogP contribution in [0.1, 0.15) is 16.1 Å². The Balaban J connectivity index is 1.90. The molecule has 0 aliphatic rings. The fourth-order valence-corrected chi connectivity index (χ4v) is 2.13. The van der Waals surface area contributed by atoms with E-state index in [0.717, 1.165) is 10.9 Å². The first-order valence-electron chi connectivity index (χ1n) is 6.56. The van der Waals surface area contributed by atoms with Crippen molar-refractivity contribution in [3.05, 3.63) is 71.7 Å². The number of hydrogen-bond acceptors (Lipinski definition) is 2. The van der Waals surface area contributed by atoms with Crippen LogP contribution >= 0.6 is 0 Å². The van der Waals surface area contributed by atoms with Crippen LogP contribution < -0.4 is 5.32 Å². The second-order valence-corrected chi connectivity index (χ2v) is 4.86. The molecule has 0 saturated carbocycles. The van der Waals surface area contributed by atoms with E-state index in [2.05, 4.69) is 10.3 Å². The lowest BCUT2D eigenvalue weighted by Crippen LogP contribution is -2.13. The topological polar surface area (TPSA) is 42.0 Å². The summed E-state index contributed by atoms with van der Waals surface area (Å²) in [5.41, 5.74) is 2.49. The van der Waals surface area contributed by atoms with Gasteiger partial charge in [0, 0.05) is 17.1 Å². The fourth-order valence-electron chi connectivity index (χ4n) is 2.13. The van der Waals surface area contributed by atoms with Crippen LogP contribution in [0.2, 0.25) is 0 Å². The molecule has 0 fully saturated rings. The number of aryl methyl sites for hydroxylation is 1. The molecular formula is C17H13FN2O. The van der Waals surface area contributed by atoms with E-state index in [-0.39, 0.29) is 17.4 Å². The molecule has 4 heteroatoms. The van der Waals surface area contributed by atoms with E-state index in [1.54, 1.807) is 18.2 Å². The van der Waals surface area contributed by atoms with E-state index in [9.17, 15) is 9.18 Å². The number of fused-ring (bicyclic) bond motifs is 1. The number of amides is 1. The summed E-state index contributed by atoms with van der Waals surface area (Å²) >= 11 is 0. The maximum atomic E-state index is 13.2. The van der Waals surface area contributed by atoms with Crippen molar-refractivity contribution in [3.63, 3.8) is 0 Å². The summed E-state index contributed by atoms with van der Waals surface area (Å²) in [6.45, 7) is 1.95. The molecule has 0 atom stereocenters. The van der Waals surface area contributed by atoms with Gasteiger partial charge < -0.3 is 5.32 Å². The van der Waals surface area contributed by atoms with Crippen molar-refractivity contribution in [3.8, 4) is 0 Å². The minimum atomic E-state index is -0.369. The maximum absolute atomic E-state index is 13.2. The van der Waals surface area contributed by atoms with Gasteiger partial charge >= 0.3 is 0 Å². The molecule has 1 aromatic heterocycles. The Hall–Kier alpha value is -2.75. The van der Waals surface area contributed by atoms with Crippen molar-refractivity contribution in [2.75, 3.05) is 5.32 Å². The Labute approximate surface area is 121 Å². The zero-order valence-electron chi connectivity index (χ0n) is 11.4. The number of nitrogens with zero attached hydrogens (tertiary/aromatic N) is 1. The number of aromatic nitrogens is 1. The summed E-state index contributed by atoms with van der Waals surface area (Å²) in [7, 11) is 0. The average molecular weight is 280 g/mol. The van der Waals surface area contributed by atoms with Gasteiger partial charge in [0.05, 0.1) is 5.52 Å². The first kappa shape index (κ1) is 13.2. The molecule has 1 amide bonds. The number of halogens is 1. The SMILES string of the molecule is Cc1cccc(NC(=O)c2ccc3ccc(F)cc3n2)c1. The predicted octanol–water partition coefficient (Wildman–Crippen LogP) is 3.93. The van der Waals surface area contributed by atoms with Crippen LogP contribution in [0, 0.1) is 12.7 Å². The van der Waals surface area contributed by atoms with E-state index in [1.807, 2.05) is 31.2 Å². The van der Waals surface area contributed by atoms with Crippen LogP contribution in [0.5, 0.6) is 0 Å². The number of hydrogen-bond donors (Lipinski definition) is 1. The Morgan fingerprint density at radius 2 is 1.90 bits per heavy atom. The molecule has 3 aromatic rings. The van der Waals surface area contributed by atoms with Crippen molar-refractivity contribution in [1.29, 1.82) is 0 Å². The number of benzene rings is 2. The van der Waals surface area contributed by atoms with Crippen LogP contribution in [-0.4, -0.2) is 10.9 Å². The third kappa shape index (κ3) is 2.89. The third-order valence-corrected chi connectivity index (χ3v) is 3.16. The number of rotatable bonds is 2. The highest BCUT2D eigenvalue weighted by Crippen LogP contribution is 2.16. The van der Waals surface area contributed by atoms with Gasteiger partial charge in [-0.15, -0.1) is 0 Å². The van der Waals surface area contributed by atoms with Gasteiger partial charge in [-0.05, 0) is 42.8 Å². The van der Waals surface area contributed by atoms with Gasteiger partial charge in [-0.1, -0.05) is 18.2 Å². The normalized spacial score (nSPS) is 10.6. The van der Waals surface area contributed by atoms with Crippen molar-refractivity contribution >= 4 is 22.5 Å². The number of carbonyl (C=O) groups is 1. The molecule has 104 valence electrons. The zero-order chi connectivity index (χ0) is 14.8. The maximum Gasteiger partial charge on any atom is 0.274 e. The zero-order valence-corrected chi connectivity index (χ0v) is 11.4. The summed E-state index contributed by atoms with van der Waals surface area (Å²) in [6, 6.07) is 15.2. The van der Waals surface area contributed by atoms with Crippen LogP contribution in [-0.2, 0) is 0 Å². The van der Waals surface area contributed by atoms with Crippen LogP contribution in [0.3, 0.4) is 0 Å². The molecule has 0 aliphatic heterocycles. The largest absolute Gasteiger partial charge is 0.321 e. The van der Waals surface area contributed by atoms with Crippen molar-refractivity contribution in [2.24, 2.45) is 0 Å². The van der Waals surface area contributed by atoms with E-state index >= 15 is 0 Å². The fraction of sp³-hybridized carbons (Fsp3) is 0.0588. The Morgan fingerprint density at radius 3 is 2.71 bits per heavy atom. The molecule has 3 nitrogen and oxygen atoms in total. The standard InChI is InChI=1S/C17H13FN2O/c1-11-3-2-4-14(9-11)19-17(21)15-8-6-12-5-7-13(18)10-16(12)20-15/h2-10H,1H3,(H,19,21). The van der Waals surface area contributed by atoms with Gasteiger partial charge in [-0.3, -0.25) is 4.79 Å². The van der Waals surface area contributed by atoms with Crippen molar-refractivity contribution in [2.45, 2.75) is 6.92 Å². The summed E-state index contributed by atoms with van der Waals surface area (Å²) in [5, 5.41) is 3.58. The van der Waals surface area contributed by atoms with E-state index in [4.69, 9.17) is 0 Å². The average Bonchev–Trinajstić information content (AvgIpc) is 2.46. The van der Waals surface area contributed by atoms with E-state index in [0.29, 0.717) is 11.2 Å². The lowest BCUT2D eigenvalue weighted by Gasteiger charge is -2.06. The first-order chi connectivity index (χ1) is 10.1. The highest BCUT2D eigenvalue weighted by Gasteiger charge is 2.09. The van der Waals surface area contributed by atoms with Crippen molar-refractivity contribution < 1.29 is 9.18 Å². The molecule has 2 aromatic carbocycles. The molecule has 0 aliphatic carbocycles. The Morgan fingerprint density at radius 1 is 1.10 bits per heavy atom. The number of pyridine rings is 1. The van der Waals surface area contributed by atoms with Crippen LogP contribution in [0.25, 0.3) is 10.9 Å². The molecular weight excluding hydrogens is 267 g/mol. The first-order valence-corrected chi connectivity index (χ1v) is 6.56. The lowest BCUT2D eigenvalue weighted by molar-refractivity contribution is 0.102. The van der Waals surface area contributed by atoms with Gasteiger partial charge in [-0.2, -0.15) is 0 Å². The highest BCUT2D eigenvalue weighted by atomic mass is 19.1. The smallest absolute Gasteiger partial charge is 0.274 e. The minimum Gasteiger partial charge on any atom is -0.321 e. The monoisotopic (exact) mass is 280 g/mol. The second-order valence-electron chi connectivity index (χ2n) is 4.86. The lowest BCUT2D eigenvalue weighted by atomic mass is 10.2. The molecule has 0 saturated heterocycles. The Bertz CT molecular complexity index is 830. The summed E-state index contributed by atoms with van der Waals surface area (Å²) in [6.07, 6.45) is 0. The van der Waals surface area contributed by atoms with Gasteiger partial charge in [0.25, 0.3) is 5.91 Å². The molecule has 3 rings (SSSR count). The highest BCUT2D eigenvalue weighted by molar-refractivity contribution is 6.04. The molecule has 0 radical (unpaired) electrons. The molecule has 1 heterocycles. The summed E-state index contributed by atoms with van der Waals surface area (Å²) in [4.78, 5) is 16.4. The van der Waals surface area contributed by atoms with E-state index < -0.39 is 0 Å². The van der Waals surface area contributed by atoms with Gasteiger partial charge in [-0.25, -0.2) is 9.37 Å². The third-order valence-electron chi connectivity index (χ3n) is 3.16. The van der Waals surface area contributed by atoms with Crippen LogP contribution in [0.4, 0.5) is 10.1 Å². The predicted molar refractivity (Wildman–Crippen MR) is 80.8 cm³/mol. The molecule has 21 heavy (non-hydrogen) atoms. The minimum absolute atomic E-state index is 0.259. The molecule has 0 spiro atoms. The van der Waals surface area contributed by atoms with Gasteiger partial charge in [0.1, 0.15) is 11.5 Å². The summed E-state index contributed by atoms with van der Waals surface area (Å²) in [5.74, 6) is -0.682. The molecule has 0 unspecified atom stereocenters. The number of nitrogens with one attached hydrogen (secondary N) is 1. The van der Waals surface area contributed by atoms with Crippen LogP contribution in [0.15, 0.2) is 54.6 Å². The number of anilines is 1. The second kappa shape index (κ2) is 5.32. The Kier molecular flexibility index (Phi) is 3.36.